The van der Waals surface area contributed by atoms with E-state index in [1.165, 1.54) is 0 Å². The summed E-state index contributed by atoms with van der Waals surface area (Å²) in [6, 6.07) is 16.2. The third kappa shape index (κ3) is 2.14. The quantitative estimate of drug-likeness (QED) is 0.631. The van der Waals surface area contributed by atoms with Crippen LogP contribution < -0.4 is 5.32 Å². The standard InChI is InChI=1S/C19H17N3O/c1-2-20-18(23)11-15-13-7-4-6-10-17(13)22-12-21-16-9-5-3-8-14(16)19(15)22/h3-10,12H,2,11H2,1H3,(H,20,23). The highest BCUT2D eigenvalue weighted by atomic mass is 16.1. The lowest BCUT2D eigenvalue weighted by Gasteiger charge is -2.05. The third-order valence-electron chi connectivity index (χ3n) is 4.20. The van der Waals surface area contributed by atoms with Crippen molar-refractivity contribution < 1.29 is 4.79 Å². The number of hydrogen-bond donors (Lipinski definition) is 1. The van der Waals surface area contributed by atoms with Crippen molar-refractivity contribution in [1.29, 1.82) is 0 Å². The highest BCUT2D eigenvalue weighted by Gasteiger charge is 2.16. The largest absolute Gasteiger partial charge is 0.356 e. The number of carbonyl (C=O) groups is 1. The molecule has 0 saturated carbocycles. The van der Waals surface area contributed by atoms with Crippen LogP contribution in [-0.2, 0) is 11.2 Å². The molecular formula is C19H17N3O. The van der Waals surface area contributed by atoms with Gasteiger partial charge in [-0.2, -0.15) is 0 Å². The number of hydrogen-bond acceptors (Lipinski definition) is 2. The maximum absolute atomic E-state index is 12.2. The lowest BCUT2D eigenvalue weighted by atomic mass is 10.1. The second kappa shape index (κ2) is 5.39. The van der Waals surface area contributed by atoms with Crippen LogP contribution in [0.2, 0.25) is 0 Å². The fourth-order valence-electron chi connectivity index (χ4n) is 3.25. The molecule has 0 atom stereocenters. The van der Waals surface area contributed by atoms with Crippen LogP contribution in [0.5, 0.6) is 0 Å². The molecule has 1 N–H and O–H groups in total. The van der Waals surface area contributed by atoms with Gasteiger partial charge in [-0.05, 0) is 24.6 Å². The Bertz CT molecular complexity index is 1030. The highest BCUT2D eigenvalue weighted by molar-refractivity contribution is 6.06. The Morgan fingerprint density at radius 1 is 1.09 bits per heavy atom. The summed E-state index contributed by atoms with van der Waals surface area (Å²) in [5.74, 6) is 0.0478. The monoisotopic (exact) mass is 303 g/mol. The lowest BCUT2D eigenvalue weighted by molar-refractivity contribution is -0.120. The smallest absolute Gasteiger partial charge is 0.224 e. The summed E-state index contributed by atoms with van der Waals surface area (Å²) < 4.78 is 2.09. The molecule has 0 aliphatic carbocycles. The van der Waals surface area contributed by atoms with Gasteiger partial charge in [0, 0.05) is 17.3 Å². The number of aromatic nitrogens is 2. The number of carbonyl (C=O) groups excluding carboxylic acids is 1. The normalized spacial score (nSPS) is 11.3. The lowest BCUT2D eigenvalue weighted by Crippen LogP contribution is -2.24. The highest BCUT2D eigenvalue weighted by Crippen LogP contribution is 2.31. The molecule has 4 nitrogen and oxygen atoms in total. The Balaban J connectivity index is 2.10. The van der Waals surface area contributed by atoms with E-state index in [1.807, 2.05) is 43.6 Å². The summed E-state index contributed by atoms with van der Waals surface area (Å²) >= 11 is 0. The van der Waals surface area contributed by atoms with Crippen LogP contribution in [0, 0.1) is 0 Å². The van der Waals surface area contributed by atoms with Crippen LogP contribution in [0.1, 0.15) is 12.5 Å². The number of nitrogens with one attached hydrogen (secondary N) is 1. The van der Waals surface area contributed by atoms with E-state index < -0.39 is 0 Å². The van der Waals surface area contributed by atoms with Crippen molar-refractivity contribution in [2.45, 2.75) is 13.3 Å². The van der Waals surface area contributed by atoms with Crippen LogP contribution in [0.25, 0.3) is 27.3 Å². The van der Waals surface area contributed by atoms with Gasteiger partial charge in [0.2, 0.25) is 5.91 Å². The second-order valence-corrected chi connectivity index (χ2v) is 5.61. The number of fused-ring (bicyclic) bond motifs is 5. The molecule has 2 aromatic heterocycles. The predicted octanol–water partition coefficient (Wildman–Crippen LogP) is 3.32. The zero-order valence-electron chi connectivity index (χ0n) is 12.9. The Kier molecular flexibility index (Phi) is 3.23. The van der Waals surface area contributed by atoms with Gasteiger partial charge in [0.25, 0.3) is 0 Å². The van der Waals surface area contributed by atoms with E-state index in [-0.39, 0.29) is 5.91 Å². The fourth-order valence-corrected chi connectivity index (χ4v) is 3.25. The van der Waals surface area contributed by atoms with Gasteiger partial charge in [-0.15, -0.1) is 0 Å². The summed E-state index contributed by atoms with van der Waals surface area (Å²) in [7, 11) is 0. The molecule has 0 aliphatic heterocycles. The minimum Gasteiger partial charge on any atom is -0.356 e. The first kappa shape index (κ1) is 13.8. The average molecular weight is 303 g/mol. The van der Waals surface area contributed by atoms with Gasteiger partial charge in [0.15, 0.2) is 0 Å². The number of rotatable bonds is 3. The van der Waals surface area contributed by atoms with Gasteiger partial charge in [-0.25, -0.2) is 4.98 Å². The van der Waals surface area contributed by atoms with E-state index in [9.17, 15) is 4.79 Å². The van der Waals surface area contributed by atoms with Crippen molar-refractivity contribution in [3.8, 4) is 0 Å². The fraction of sp³-hybridized carbons (Fsp3) is 0.158. The van der Waals surface area contributed by atoms with Crippen molar-refractivity contribution >= 4 is 33.2 Å². The molecule has 2 aromatic carbocycles. The molecule has 4 heteroatoms. The molecule has 0 spiro atoms. The van der Waals surface area contributed by atoms with E-state index in [1.54, 1.807) is 0 Å². The molecule has 0 bridgehead atoms. The van der Waals surface area contributed by atoms with Crippen LogP contribution >= 0.6 is 0 Å². The average Bonchev–Trinajstić information content (AvgIpc) is 2.90. The van der Waals surface area contributed by atoms with Crippen molar-refractivity contribution in [3.05, 3.63) is 60.4 Å². The van der Waals surface area contributed by atoms with E-state index >= 15 is 0 Å². The minimum atomic E-state index is 0.0478. The van der Waals surface area contributed by atoms with Crippen molar-refractivity contribution in [2.24, 2.45) is 0 Å². The van der Waals surface area contributed by atoms with Gasteiger partial charge in [-0.1, -0.05) is 36.4 Å². The molecule has 0 aliphatic rings. The molecule has 4 aromatic rings. The van der Waals surface area contributed by atoms with Gasteiger partial charge in [-0.3, -0.25) is 9.20 Å². The number of likely N-dealkylation sites (N-methyl/N-ethyl adjacent to an activating group) is 1. The maximum Gasteiger partial charge on any atom is 0.224 e. The SMILES string of the molecule is CCNC(=O)Cc1c2ccccc2n2cnc3ccccc3c12. The first-order valence-corrected chi connectivity index (χ1v) is 7.81. The van der Waals surface area contributed by atoms with Gasteiger partial charge < -0.3 is 5.32 Å². The Labute approximate surface area is 133 Å². The second-order valence-electron chi connectivity index (χ2n) is 5.61. The van der Waals surface area contributed by atoms with E-state index in [4.69, 9.17) is 0 Å². The molecule has 0 unspecified atom stereocenters. The Hall–Kier alpha value is -2.88. The number of amides is 1. The summed E-state index contributed by atoms with van der Waals surface area (Å²) in [4.78, 5) is 16.7. The molecule has 0 saturated heterocycles. The molecule has 0 fully saturated rings. The number of benzene rings is 2. The summed E-state index contributed by atoms with van der Waals surface area (Å²) in [5.41, 5.74) is 4.16. The predicted molar refractivity (Wildman–Crippen MR) is 92.6 cm³/mol. The summed E-state index contributed by atoms with van der Waals surface area (Å²) in [6.45, 7) is 2.58. The van der Waals surface area contributed by atoms with E-state index in [2.05, 4.69) is 32.9 Å². The molecular weight excluding hydrogens is 286 g/mol. The molecule has 0 radical (unpaired) electrons. The summed E-state index contributed by atoms with van der Waals surface area (Å²) in [5, 5.41) is 5.08. The minimum absolute atomic E-state index is 0.0478. The first-order valence-electron chi connectivity index (χ1n) is 7.81. The van der Waals surface area contributed by atoms with Crippen LogP contribution in [0.4, 0.5) is 0 Å². The van der Waals surface area contributed by atoms with Crippen molar-refractivity contribution in [1.82, 2.24) is 14.7 Å². The zero-order chi connectivity index (χ0) is 15.8. The Morgan fingerprint density at radius 3 is 2.65 bits per heavy atom. The molecule has 1 amide bonds. The summed E-state index contributed by atoms with van der Waals surface area (Å²) in [6.07, 6.45) is 2.22. The zero-order valence-corrected chi connectivity index (χ0v) is 12.9. The van der Waals surface area contributed by atoms with Gasteiger partial charge >= 0.3 is 0 Å². The van der Waals surface area contributed by atoms with Gasteiger partial charge in [0.1, 0.15) is 6.33 Å². The van der Waals surface area contributed by atoms with Crippen LogP contribution in [0.3, 0.4) is 0 Å². The number of nitrogens with zero attached hydrogens (tertiary/aromatic N) is 2. The molecule has 23 heavy (non-hydrogen) atoms. The molecule has 2 heterocycles. The van der Waals surface area contributed by atoms with Crippen LogP contribution in [-0.4, -0.2) is 21.8 Å². The molecule has 4 rings (SSSR count). The van der Waals surface area contributed by atoms with E-state index in [0.717, 1.165) is 32.9 Å². The van der Waals surface area contributed by atoms with E-state index in [0.29, 0.717) is 13.0 Å². The topological polar surface area (TPSA) is 46.4 Å². The van der Waals surface area contributed by atoms with Gasteiger partial charge in [0.05, 0.1) is 23.0 Å². The maximum atomic E-state index is 12.2. The third-order valence-corrected chi connectivity index (χ3v) is 4.20. The van der Waals surface area contributed by atoms with Crippen molar-refractivity contribution in [2.75, 3.05) is 6.54 Å². The first-order chi connectivity index (χ1) is 11.3. The number of para-hydroxylation sites is 2. The Morgan fingerprint density at radius 2 is 1.83 bits per heavy atom. The van der Waals surface area contributed by atoms with Crippen LogP contribution in [0.15, 0.2) is 54.9 Å². The molecule has 114 valence electrons. The van der Waals surface area contributed by atoms with Crippen molar-refractivity contribution in [3.63, 3.8) is 0 Å².